The second-order valence-corrected chi connectivity index (χ2v) is 2.52. The van der Waals surface area contributed by atoms with Gasteiger partial charge in [-0.1, -0.05) is 0 Å². The minimum atomic E-state index is -1.44. The van der Waals surface area contributed by atoms with Crippen LogP contribution in [0.3, 0.4) is 0 Å². The van der Waals surface area contributed by atoms with Gasteiger partial charge in [0.1, 0.15) is 6.07 Å². The Labute approximate surface area is 83.3 Å². The van der Waals surface area contributed by atoms with Crippen LogP contribution in [0.15, 0.2) is 12.1 Å². The van der Waals surface area contributed by atoms with Crippen molar-refractivity contribution in [1.29, 1.82) is 5.26 Å². The maximum atomic E-state index is 13.1. The van der Waals surface area contributed by atoms with E-state index >= 15 is 0 Å². The molecule has 0 saturated heterocycles. The van der Waals surface area contributed by atoms with Crippen LogP contribution >= 0.6 is 0 Å². The molecule has 0 aliphatic rings. The van der Waals surface area contributed by atoms with Crippen molar-refractivity contribution in [3.63, 3.8) is 0 Å². The zero-order valence-electron chi connectivity index (χ0n) is 7.33. The molecule has 0 spiro atoms. The Kier molecular flexibility index (Phi) is 3.18. The van der Waals surface area contributed by atoms with Gasteiger partial charge in [-0.3, -0.25) is 0 Å². The number of benzene rings is 1. The van der Waals surface area contributed by atoms with E-state index in [2.05, 4.69) is 4.74 Å². The lowest BCUT2D eigenvalue weighted by Gasteiger charge is -2.05. The molecule has 0 bridgehead atoms. The van der Waals surface area contributed by atoms with E-state index in [0.717, 1.165) is 0 Å². The summed E-state index contributed by atoms with van der Waals surface area (Å²) < 4.78 is 30.6. The monoisotopic (exact) mass is 213 g/mol. The Hall–Kier alpha value is -2.16. The zero-order valence-corrected chi connectivity index (χ0v) is 7.33. The van der Waals surface area contributed by atoms with Gasteiger partial charge in [0.25, 0.3) is 0 Å². The molecule has 0 amide bonds. The highest BCUT2D eigenvalue weighted by molar-refractivity contribution is 5.87. The highest BCUT2D eigenvalue weighted by Crippen LogP contribution is 2.23. The summed E-state index contributed by atoms with van der Waals surface area (Å²) in [6.07, 6.45) is 0. The Bertz CT molecular complexity index is 416. The van der Waals surface area contributed by atoms with Crippen LogP contribution in [0, 0.1) is 23.0 Å². The summed E-state index contributed by atoms with van der Waals surface area (Å²) in [6.45, 7) is -0.514. The first-order valence-electron chi connectivity index (χ1n) is 3.78. The molecular weight excluding hydrogens is 208 g/mol. The Morgan fingerprint density at radius 3 is 2.40 bits per heavy atom. The zero-order chi connectivity index (χ0) is 11.4. The number of carboxylic acids is 1. The summed E-state index contributed by atoms with van der Waals surface area (Å²) in [4.78, 5) is 10.4. The fourth-order valence-electron chi connectivity index (χ4n) is 0.926. The second kappa shape index (κ2) is 4.37. The molecule has 0 aliphatic carbocycles. The molecule has 0 aromatic heterocycles. The van der Waals surface area contributed by atoms with Gasteiger partial charge in [-0.15, -0.1) is 0 Å². The van der Waals surface area contributed by atoms with Gasteiger partial charge in [0.05, 0.1) is 5.56 Å². The van der Waals surface area contributed by atoms with Crippen molar-refractivity contribution in [2.75, 3.05) is 6.61 Å². The van der Waals surface area contributed by atoms with Crippen molar-refractivity contribution < 1.29 is 23.4 Å². The first kappa shape index (κ1) is 10.9. The molecule has 0 saturated carbocycles. The lowest BCUT2D eigenvalue weighted by Crippen LogP contribution is -2.03. The van der Waals surface area contributed by atoms with E-state index in [0.29, 0.717) is 12.1 Å². The maximum absolute atomic E-state index is 13.1. The van der Waals surface area contributed by atoms with E-state index < -0.39 is 35.5 Å². The lowest BCUT2D eigenvalue weighted by atomic mass is 10.2. The topological polar surface area (TPSA) is 70.3 Å². The summed E-state index contributed by atoms with van der Waals surface area (Å²) in [7, 11) is 0. The average molecular weight is 213 g/mol. The van der Waals surface area contributed by atoms with Crippen molar-refractivity contribution in [3.8, 4) is 11.8 Å². The number of rotatable bonds is 3. The number of nitriles is 1. The number of aromatic carboxylic acids is 1. The predicted octanol–water partition coefficient (Wildman–Crippen LogP) is 1.57. The van der Waals surface area contributed by atoms with Gasteiger partial charge in [0, 0.05) is 0 Å². The SMILES string of the molecule is N#CCOc1c(F)cc(C(=O)O)cc1F. The van der Waals surface area contributed by atoms with E-state index in [1.807, 2.05) is 0 Å². The number of ether oxygens (including phenoxy) is 1. The first-order valence-corrected chi connectivity index (χ1v) is 3.78. The van der Waals surface area contributed by atoms with E-state index in [4.69, 9.17) is 10.4 Å². The number of carbonyl (C=O) groups is 1. The van der Waals surface area contributed by atoms with Crippen molar-refractivity contribution in [2.24, 2.45) is 0 Å². The molecule has 1 rings (SSSR count). The van der Waals surface area contributed by atoms with Crippen molar-refractivity contribution >= 4 is 5.97 Å². The third kappa shape index (κ3) is 2.40. The molecule has 0 radical (unpaired) electrons. The van der Waals surface area contributed by atoms with Crippen molar-refractivity contribution in [2.45, 2.75) is 0 Å². The molecule has 6 heteroatoms. The van der Waals surface area contributed by atoms with Crippen LogP contribution in [-0.4, -0.2) is 17.7 Å². The minimum Gasteiger partial charge on any atom is -0.478 e. The molecular formula is C9H5F2NO3. The summed E-state index contributed by atoms with van der Waals surface area (Å²) in [5.41, 5.74) is -0.519. The summed E-state index contributed by atoms with van der Waals surface area (Å²) in [6, 6.07) is 2.78. The van der Waals surface area contributed by atoms with Gasteiger partial charge in [0.15, 0.2) is 24.0 Å². The van der Waals surface area contributed by atoms with Crippen LogP contribution < -0.4 is 4.74 Å². The molecule has 0 heterocycles. The van der Waals surface area contributed by atoms with Crippen molar-refractivity contribution in [1.82, 2.24) is 0 Å². The van der Waals surface area contributed by atoms with E-state index in [-0.39, 0.29) is 0 Å². The normalized spacial score (nSPS) is 9.40. The van der Waals surface area contributed by atoms with Crippen LogP contribution in [0.4, 0.5) is 8.78 Å². The molecule has 0 unspecified atom stereocenters. The molecule has 15 heavy (non-hydrogen) atoms. The Morgan fingerprint density at radius 2 is 2.00 bits per heavy atom. The highest BCUT2D eigenvalue weighted by atomic mass is 19.1. The summed E-state index contributed by atoms with van der Waals surface area (Å²) >= 11 is 0. The number of hydrogen-bond acceptors (Lipinski definition) is 3. The Morgan fingerprint density at radius 1 is 1.47 bits per heavy atom. The smallest absolute Gasteiger partial charge is 0.335 e. The number of hydrogen-bond donors (Lipinski definition) is 1. The summed E-state index contributed by atoms with van der Waals surface area (Å²) in [5, 5.41) is 16.6. The number of nitrogens with zero attached hydrogens (tertiary/aromatic N) is 1. The molecule has 78 valence electrons. The molecule has 0 atom stereocenters. The molecule has 1 N–H and O–H groups in total. The number of carboxylic acid groups (broad SMARTS) is 1. The van der Waals surface area contributed by atoms with Crippen LogP contribution in [0.5, 0.6) is 5.75 Å². The standard InChI is InChI=1S/C9H5F2NO3/c10-6-3-5(9(13)14)4-7(11)8(6)15-2-1-12/h3-4H,2H2,(H,13,14). The molecule has 4 nitrogen and oxygen atoms in total. The lowest BCUT2D eigenvalue weighted by molar-refractivity contribution is 0.0695. The van der Waals surface area contributed by atoms with Gasteiger partial charge in [-0.05, 0) is 12.1 Å². The molecule has 0 aliphatic heterocycles. The van der Waals surface area contributed by atoms with E-state index in [1.165, 1.54) is 6.07 Å². The third-order valence-electron chi connectivity index (χ3n) is 1.53. The Balaban J connectivity index is 3.11. The van der Waals surface area contributed by atoms with Crippen LogP contribution in [0.25, 0.3) is 0 Å². The summed E-state index contributed by atoms with van der Waals surface area (Å²) in [5.74, 6) is -4.49. The molecule has 1 aromatic rings. The quantitative estimate of drug-likeness (QED) is 0.827. The average Bonchev–Trinajstić information content (AvgIpc) is 2.16. The fraction of sp³-hybridized carbons (Fsp3) is 0.111. The van der Waals surface area contributed by atoms with Gasteiger partial charge in [0.2, 0.25) is 0 Å². The minimum absolute atomic E-state index is 0.514. The van der Waals surface area contributed by atoms with Crippen LogP contribution in [0.1, 0.15) is 10.4 Å². The first-order chi connectivity index (χ1) is 7.06. The van der Waals surface area contributed by atoms with Gasteiger partial charge in [-0.25, -0.2) is 13.6 Å². The third-order valence-corrected chi connectivity index (χ3v) is 1.53. The maximum Gasteiger partial charge on any atom is 0.335 e. The predicted molar refractivity (Wildman–Crippen MR) is 44.4 cm³/mol. The van der Waals surface area contributed by atoms with Crippen molar-refractivity contribution in [3.05, 3.63) is 29.3 Å². The fourth-order valence-corrected chi connectivity index (χ4v) is 0.926. The van der Waals surface area contributed by atoms with E-state index in [1.54, 1.807) is 0 Å². The van der Waals surface area contributed by atoms with Gasteiger partial charge < -0.3 is 9.84 Å². The largest absolute Gasteiger partial charge is 0.478 e. The van der Waals surface area contributed by atoms with Crippen LogP contribution in [0.2, 0.25) is 0 Å². The van der Waals surface area contributed by atoms with E-state index in [9.17, 15) is 13.6 Å². The molecule has 0 fully saturated rings. The van der Waals surface area contributed by atoms with Gasteiger partial charge >= 0.3 is 5.97 Å². The van der Waals surface area contributed by atoms with Gasteiger partial charge in [-0.2, -0.15) is 5.26 Å². The number of halogens is 2. The molecule has 1 aromatic carbocycles. The second-order valence-electron chi connectivity index (χ2n) is 2.52. The van der Waals surface area contributed by atoms with Crippen LogP contribution in [-0.2, 0) is 0 Å². The highest BCUT2D eigenvalue weighted by Gasteiger charge is 2.15.